The van der Waals surface area contributed by atoms with Crippen LogP contribution in [0.2, 0.25) is 0 Å². The van der Waals surface area contributed by atoms with E-state index < -0.39 is 11.8 Å². The number of nitrogens with zero attached hydrogens (tertiary/aromatic N) is 1. The van der Waals surface area contributed by atoms with Crippen LogP contribution in [0.3, 0.4) is 0 Å². The van der Waals surface area contributed by atoms with Crippen LogP contribution in [0.25, 0.3) is 11.3 Å². The SMILES string of the molecule is O=C(O)c1cc(-c2cc3c(cc2F)OCCO3)no1. The summed E-state index contributed by atoms with van der Waals surface area (Å²) in [5.74, 6) is -1.51. The number of rotatable bonds is 2. The zero-order valence-corrected chi connectivity index (χ0v) is 9.55. The third-order valence-electron chi connectivity index (χ3n) is 2.63. The maximum atomic E-state index is 13.9. The molecule has 6 nitrogen and oxygen atoms in total. The van der Waals surface area contributed by atoms with Crippen molar-refractivity contribution in [2.24, 2.45) is 0 Å². The van der Waals surface area contributed by atoms with Crippen LogP contribution in [-0.2, 0) is 0 Å². The maximum absolute atomic E-state index is 13.9. The summed E-state index contributed by atoms with van der Waals surface area (Å²) in [4.78, 5) is 10.7. The fourth-order valence-corrected chi connectivity index (χ4v) is 1.76. The van der Waals surface area contributed by atoms with E-state index in [-0.39, 0.29) is 17.0 Å². The molecule has 0 spiro atoms. The monoisotopic (exact) mass is 265 g/mol. The molecular weight excluding hydrogens is 257 g/mol. The van der Waals surface area contributed by atoms with Gasteiger partial charge < -0.3 is 19.1 Å². The van der Waals surface area contributed by atoms with E-state index in [2.05, 4.69) is 9.68 Å². The molecule has 19 heavy (non-hydrogen) atoms. The molecule has 0 aliphatic carbocycles. The summed E-state index contributed by atoms with van der Waals surface area (Å²) in [5.41, 5.74) is 0.187. The summed E-state index contributed by atoms with van der Waals surface area (Å²) in [5, 5.41) is 12.3. The number of carboxylic acid groups (broad SMARTS) is 1. The second-order valence-corrected chi connectivity index (χ2v) is 3.86. The van der Waals surface area contributed by atoms with Crippen molar-refractivity contribution in [3.8, 4) is 22.8 Å². The zero-order chi connectivity index (χ0) is 13.4. The third-order valence-corrected chi connectivity index (χ3v) is 2.63. The first-order valence-electron chi connectivity index (χ1n) is 5.44. The zero-order valence-electron chi connectivity index (χ0n) is 9.55. The van der Waals surface area contributed by atoms with Crippen molar-refractivity contribution in [3.63, 3.8) is 0 Å². The smallest absolute Gasteiger partial charge is 0.374 e. The average molecular weight is 265 g/mol. The first-order valence-corrected chi connectivity index (χ1v) is 5.44. The molecule has 0 unspecified atom stereocenters. The minimum Gasteiger partial charge on any atom is -0.486 e. The number of hydrogen-bond acceptors (Lipinski definition) is 5. The Morgan fingerprint density at radius 1 is 1.21 bits per heavy atom. The highest BCUT2D eigenvalue weighted by Gasteiger charge is 2.20. The molecule has 1 aliphatic heterocycles. The van der Waals surface area contributed by atoms with Crippen LogP contribution in [-0.4, -0.2) is 29.4 Å². The summed E-state index contributed by atoms with van der Waals surface area (Å²) >= 11 is 0. The molecule has 0 fully saturated rings. The highest BCUT2D eigenvalue weighted by atomic mass is 19.1. The minimum absolute atomic E-state index is 0.0897. The fourth-order valence-electron chi connectivity index (χ4n) is 1.76. The molecule has 0 radical (unpaired) electrons. The Hall–Kier alpha value is -2.57. The quantitative estimate of drug-likeness (QED) is 0.893. The van der Waals surface area contributed by atoms with Crippen LogP contribution in [0.4, 0.5) is 4.39 Å². The number of aromatic carboxylic acids is 1. The number of benzene rings is 1. The summed E-state index contributed by atoms with van der Waals surface area (Å²) in [6.07, 6.45) is 0. The van der Waals surface area contributed by atoms with Crippen molar-refractivity contribution in [2.45, 2.75) is 0 Å². The number of fused-ring (bicyclic) bond motifs is 1. The first-order chi connectivity index (χ1) is 9.15. The van der Waals surface area contributed by atoms with Gasteiger partial charge in [-0.2, -0.15) is 0 Å². The third kappa shape index (κ3) is 1.99. The number of halogens is 1. The number of ether oxygens (including phenoxy) is 2. The lowest BCUT2D eigenvalue weighted by atomic mass is 10.1. The average Bonchev–Trinajstić information content (AvgIpc) is 2.87. The Morgan fingerprint density at radius 2 is 1.89 bits per heavy atom. The second-order valence-electron chi connectivity index (χ2n) is 3.86. The highest BCUT2D eigenvalue weighted by molar-refractivity contribution is 5.85. The van der Waals surface area contributed by atoms with E-state index in [0.29, 0.717) is 24.7 Å². The molecule has 7 heteroatoms. The lowest BCUT2D eigenvalue weighted by molar-refractivity contribution is 0.0652. The fraction of sp³-hybridized carbons (Fsp3) is 0.167. The predicted molar refractivity (Wildman–Crippen MR) is 59.8 cm³/mol. The number of hydrogen-bond donors (Lipinski definition) is 1. The molecule has 2 heterocycles. The molecule has 0 atom stereocenters. The molecular formula is C12H8FNO5. The van der Waals surface area contributed by atoms with Crippen molar-refractivity contribution < 1.29 is 28.3 Å². The molecule has 1 aliphatic rings. The minimum atomic E-state index is -1.27. The van der Waals surface area contributed by atoms with Gasteiger partial charge in [0.2, 0.25) is 5.76 Å². The number of aromatic nitrogens is 1. The summed E-state index contributed by atoms with van der Waals surface area (Å²) in [6.45, 7) is 0.732. The topological polar surface area (TPSA) is 81.8 Å². The molecule has 1 N–H and O–H groups in total. The van der Waals surface area contributed by atoms with Crippen LogP contribution in [0.5, 0.6) is 11.5 Å². The molecule has 1 aromatic carbocycles. The maximum Gasteiger partial charge on any atom is 0.374 e. The van der Waals surface area contributed by atoms with E-state index in [9.17, 15) is 9.18 Å². The predicted octanol–water partition coefficient (Wildman–Crippen LogP) is 1.95. The number of carbonyl (C=O) groups is 1. The first kappa shape index (κ1) is 11.5. The van der Waals surface area contributed by atoms with Crippen LogP contribution < -0.4 is 9.47 Å². The van der Waals surface area contributed by atoms with Gasteiger partial charge in [0, 0.05) is 17.7 Å². The largest absolute Gasteiger partial charge is 0.486 e. The van der Waals surface area contributed by atoms with Gasteiger partial charge in [-0.15, -0.1) is 0 Å². The summed E-state index contributed by atoms with van der Waals surface area (Å²) < 4.78 is 29.1. The van der Waals surface area contributed by atoms with Crippen LogP contribution in [0.15, 0.2) is 22.7 Å². The lowest BCUT2D eigenvalue weighted by Gasteiger charge is -2.18. The standard InChI is InChI=1S/C12H8FNO5/c13-7-4-10-9(17-1-2-18-10)3-6(7)8-5-11(12(15)16)19-14-8/h3-5H,1-2H2,(H,15,16). The van der Waals surface area contributed by atoms with Gasteiger partial charge in [0.05, 0.1) is 0 Å². The van der Waals surface area contributed by atoms with Gasteiger partial charge in [-0.1, -0.05) is 5.16 Å². The second kappa shape index (κ2) is 4.27. The normalized spacial score (nSPS) is 13.3. The van der Waals surface area contributed by atoms with Crippen molar-refractivity contribution >= 4 is 5.97 Å². The van der Waals surface area contributed by atoms with Crippen LogP contribution >= 0.6 is 0 Å². The van der Waals surface area contributed by atoms with Crippen molar-refractivity contribution in [2.75, 3.05) is 13.2 Å². The Labute approximate surface area is 106 Å². The van der Waals surface area contributed by atoms with E-state index in [0.717, 1.165) is 6.07 Å². The van der Waals surface area contributed by atoms with Gasteiger partial charge in [-0.25, -0.2) is 9.18 Å². The van der Waals surface area contributed by atoms with E-state index in [1.165, 1.54) is 12.1 Å². The van der Waals surface area contributed by atoms with E-state index >= 15 is 0 Å². The molecule has 0 bridgehead atoms. The van der Waals surface area contributed by atoms with Gasteiger partial charge in [0.25, 0.3) is 0 Å². The highest BCUT2D eigenvalue weighted by Crippen LogP contribution is 2.36. The summed E-state index contributed by atoms with van der Waals surface area (Å²) in [6, 6.07) is 3.74. The van der Waals surface area contributed by atoms with E-state index in [4.69, 9.17) is 14.6 Å². The van der Waals surface area contributed by atoms with Crippen molar-refractivity contribution in [3.05, 3.63) is 29.8 Å². The Kier molecular flexibility index (Phi) is 2.59. The van der Waals surface area contributed by atoms with Gasteiger partial charge in [-0.3, -0.25) is 0 Å². The van der Waals surface area contributed by atoms with Crippen molar-refractivity contribution in [1.29, 1.82) is 0 Å². The Morgan fingerprint density at radius 3 is 2.53 bits per heavy atom. The van der Waals surface area contributed by atoms with E-state index in [1.807, 2.05) is 0 Å². The molecule has 98 valence electrons. The molecule has 1 aromatic heterocycles. The van der Waals surface area contributed by atoms with Crippen LogP contribution in [0.1, 0.15) is 10.6 Å². The molecule has 0 saturated heterocycles. The summed E-state index contributed by atoms with van der Waals surface area (Å²) in [7, 11) is 0. The van der Waals surface area contributed by atoms with Gasteiger partial charge >= 0.3 is 5.97 Å². The van der Waals surface area contributed by atoms with Crippen molar-refractivity contribution in [1.82, 2.24) is 5.16 Å². The molecule has 2 aromatic rings. The number of carboxylic acids is 1. The Bertz CT molecular complexity index is 652. The molecule has 0 amide bonds. The lowest BCUT2D eigenvalue weighted by Crippen LogP contribution is -2.15. The Balaban J connectivity index is 2.06. The van der Waals surface area contributed by atoms with Gasteiger partial charge in [0.15, 0.2) is 11.5 Å². The van der Waals surface area contributed by atoms with Crippen LogP contribution in [0, 0.1) is 5.82 Å². The molecule has 0 saturated carbocycles. The van der Waals surface area contributed by atoms with Gasteiger partial charge in [-0.05, 0) is 6.07 Å². The molecule has 3 rings (SSSR count). The van der Waals surface area contributed by atoms with E-state index in [1.54, 1.807) is 0 Å². The van der Waals surface area contributed by atoms with Gasteiger partial charge in [0.1, 0.15) is 24.7 Å².